The number of carbonyl (C=O) groups excluding carboxylic acids is 3. The van der Waals surface area contributed by atoms with Gasteiger partial charge in [0, 0.05) is 12.7 Å². The van der Waals surface area contributed by atoms with Crippen molar-refractivity contribution in [2.24, 2.45) is 0 Å². The molecule has 0 heterocycles. The summed E-state index contributed by atoms with van der Waals surface area (Å²) in [5.41, 5.74) is 0.414. The van der Waals surface area contributed by atoms with Gasteiger partial charge in [0.2, 0.25) is 5.91 Å². The summed E-state index contributed by atoms with van der Waals surface area (Å²) in [6.45, 7) is -0.567. The maximum absolute atomic E-state index is 12.8. The largest absolute Gasteiger partial charge is 0.493 e. The van der Waals surface area contributed by atoms with Gasteiger partial charge in [0.1, 0.15) is 11.6 Å². The van der Waals surface area contributed by atoms with Crippen LogP contribution in [0.4, 0.5) is 10.1 Å². The average Bonchev–Trinajstić information content (AvgIpc) is 2.68. The average molecular weight is 388 g/mol. The van der Waals surface area contributed by atoms with E-state index in [9.17, 15) is 18.8 Å². The third-order valence-electron chi connectivity index (χ3n) is 3.61. The van der Waals surface area contributed by atoms with E-state index in [0.29, 0.717) is 11.4 Å². The normalized spacial score (nSPS) is 10.1. The summed E-state index contributed by atoms with van der Waals surface area (Å²) in [6, 6.07) is 14.3. The van der Waals surface area contributed by atoms with Crippen LogP contribution in [0, 0.1) is 5.82 Å². The van der Waals surface area contributed by atoms with Gasteiger partial charge in [0.05, 0.1) is 19.6 Å². The summed E-state index contributed by atoms with van der Waals surface area (Å²) in [7, 11) is 1.42. The van der Waals surface area contributed by atoms with Crippen LogP contribution in [-0.2, 0) is 19.1 Å². The second-order valence-corrected chi connectivity index (χ2v) is 5.88. The van der Waals surface area contributed by atoms with E-state index in [1.807, 2.05) is 18.2 Å². The molecule has 0 unspecified atom stereocenters. The molecule has 2 rings (SSSR count). The number of benzene rings is 2. The molecule has 0 spiro atoms. The number of carbonyl (C=O) groups is 3. The van der Waals surface area contributed by atoms with E-state index in [1.165, 1.54) is 31.3 Å². The molecular weight excluding hydrogens is 367 g/mol. The van der Waals surface area contributed by atoms with Gasteiger partial charge in [-0.3, -0.25) is 14.4 Å². The van der Waals surface area contributed by atoms with Crippen LogP contribution in [0.1, 0.15) is 6.42 Å². The number of rotatable bonds is 9. The van der Waals surface area contributed by atoms with Gasteiger partial charge in [-0.15, -0.1) is 0 Å². The number of halogens is 1. The Balaban J connectivity index is 1.64. The molecule has 0 saturated carbocycles. The van der Waals surface area contributed by atoms with Crippen molar-refractivity contribution < 1.29 is 28.2 Å². The molecule has 0 atom stereocenters. The second-order valence-electron chi connectivity index (χ2n) is 5.88. The van der Waals surface area contributed by atoms with E-state index in [2.05, 4.69) is 5.32 Å². The van der Waals surface area contributed by atoms with Crippen LogP contribution in [0.2, 0.25) is 0 Å². The quantitative estimate of drug-likeness (QED) is 0.666. The summed E-state index contributed by atoms with van der Waals surface area (Å²) in [5, 5.41) is 2.54. The molecule has 28 heavy (non-hydrogen) atoms. The maximum Gasteiger partial charge on any atom is 0.309 e. The van der Waals surface area contributed by atoms with Crippen LogP contribution in [-0.4, -0.2) is 49.5 Å². The Morgan fingerprint density at radius 1 is 1.04 bits per heavy atom. The van der Waals surface area contributed by atoms with E-state index in [0.717, 1.165) is 4.90 Å². The molecule has 0 radical (unpaired) electrons. The lowest BCUT2D eigenvalue weighted by Crippen LogP contribution is -2.37. The molecule has 7 nitrogen and oxygen atoms in total. The molecule has 2 aromatic carbocycles. The van der Waals surface area contributed by atoms with Gasteiger partial charge in [-0.2, -0.15) is 0 Å². The SMILES string of the molecule is CN(CC(=O)Nc1ccc(F)cc1)C(=O)COC(=O)CCOc1ccccc1. The van der Waals surface area contributed by atoms with Crippen molar-refractivity contribution in [1.29, 1.82) is 0 Å². The molecule has 2 amide bonds. The first-order valence-corrected chi connectivity index (χ1v) is 8.57. The molecule has 8 heteroatoms. The van der Waals surface area contributed by atoms with Gasteiger partial charge in [-0.1, -0.05) is 18.2 Å². The zero-order chi connectivity index (χ0) is 20.4. The van der Waals surface area contributed by atoms with Crippen molar-refractivity contribution in [1.82, 2.24) is 4.90 Å². The van der Waals surface area contributed by atoms with Crippen molar-refractivity contribution >= 4 is 23.5 Å². The Kier molecular flexibility index (Phi) is 7.95. The Hall–Kier alpha value is -3.42. The van der Waals surface area contributed by atoms with Crippen LogP contribution in [0.15, 0.2) is 54.6 Å². The summed E-state index contributed by atoms with van der Waals surface area (Å²) < 4.78 is 23.1. The van der Waals surface area contributed by atoms with Crippen molar-refractivity contribution in [2.75, 3.05) is 32.1 Å². The number of hydrogen-bond acceptors (Lipinski definition) is 5. The third kappa shape index (κ3) is 7.45. The van der Waals surface area contributed by atoms with Crippen LogP contribution in [0.3, 0.4) is 0 Å². The first-order valence-electron chi connectivity index (χ1n) is 8.57. The summed E-state index contributed by atoms with van der Waals surface area (Å²) in [5.74, 6) is -1.33. The Labute approximate surface area is 162 Å². The van der Waals surface area contributed by atoms with Gasteiger partial charge in [-0.05, 0) is 36.4 Å². The molecule has 0 saturated heterocycles. The van der Waals surface area contributed by atoms with E-state index in [4.69, 9.17) is 9.47 Å². The van der Waals surface area contributed by atoms with Crippen LogP contribution >= 0.6 is 0 Å². The highest BCUT2D eigenvalue weighted by atomic mass is 19.1. The Bertz CT molecular complexity index is 796. The first-order chi connectivity index (χ1) is 13.4. The number of ether oxygens (including phenoxy) is 2. The van der Waals surface area contributed by atoms with Crippen molar-refractivity contribution in [3.63, 3.8) is 0 Å². The third-order valence-corrected chi connectivity index (χ3v) is 3.61. The fourth-order valence-corrected chi connectivity index (χ4v) is 2.13. The number of hydrogen-bond donors (Lipinski definition) is 1. The molecule has 0 aliphatic carbocycles. The number of nitrogens with one attached hydrogen (secondary N) is 1. The number of para-hydroxylation sites is 1. The number of likely N-dealkylation sites (N-methyl/N-ethyl adjacent to an activating group) is 1. The van der Waals surface area contributed by atoms with Gasteiger partial charge in [-0.25, -0.2) is 4.39 Å². The smallest absolute Gasteiger partial charge is 0.309 e. The number of amides is 2. The van der Waals surface area contributed by atoms with Gasteiger partial charge in [0.15, 0.2) is 6.61 Å². The monoisotopic (exact) mass is 388 g/mol. The zero-order valence-corrected chi connectivity index (χ0v) is 15.4. The molecule has 0 aliphatic heterocycles. The number of nitrogens with zero attached hydrogens (tertiary/aromatic N) is 1. The maximum atomic E-state index is 12.8. The minimum absolute atomic E-state index is 0.00303. The minimum atomic E-state index is -0.576. The number of esters is 1. The highest BCUT2D eigenvalue weighted by Crippen LogP contribution is 2.09. The van der Waals surface area contributed by atoms with Crippen LogP contribution < -0.4 is 10.1 Å². The highest BCUT2D eigenvalue weighted by molar-refractivity contribution is 5.94. The lowest BCUT2D eigenvalue weighted by Gasteiger charge is -2.16. The van der Waals surface area contributed by atoms with Crippen LogP contribution in [0.25, 0.3) is 0 Å². The lowest BCUT2D eigenvalue weighted by atomic mass is 10.3. The van der Waals surface area contributed by atoms with Crippen molar-refractivity contribution in [3.8, 4) is 5.75 Å². The van der Waals surface area contributed by atoms with E-state index in [1.54, 1.807) is 12.1 Å². The van der Waals surface area contributed by atoms with E-state index in [-0.39, 0.29) is 19.6 Å². The van der Waals surface area contributed by atoms with E-state index < -0.39 is 30.2 Å². The molecule has 0 fully saturated rings. The van der Waals surface area contributed by atoms with Gasteiger partial charge >= 0.3 is 5.97 Å². The highest BCUT2D eigenvalue weighted by Gasteiger charge is 2.15. The standard InChI is InChI=1S/C20H21FN2O5/c1-23(13-18(24)22-16-9-7-15(21)8-10-16)19(25)14-28-20(26)11-12-27-17-5-3-2-4-6-17/h2-10H,11-14H2,1H3,(H,22,24). The van der Waals surface area contributed by atoms with E-state index >= 15 is 0 Å². The summed E-state index contributed by atoms with van der Waals surface area (Å²) in [6.07, 6.45) is -0.00303. The molecule has 148 valence electrons. The molecule has 0 aromatic heterocycles. The summed E-state index contributed by atoms with van der Waals surface area (Å²) >= 11 is 0. The predicted octanol–water partition coefficient (Wildman–Crippen LogP) is 2.23. The lowest BCUT2D eigenvalue weighted by molar-refractivity contribution is -0.152. The fraction of sp³-hybridized carbons (Fsp3) is 0.250. The molecule has 1 N–H and O–H groups in total. The topological polar surface area (TPSA) is 84.9 Å². The predicted molar refractivity (Wildman–Crippen MR) is 100 cm³/mol. The molecule has 2 aromatic rings. The van der Waals surface area contributed by atoms with Crippen molar-refractivity contribution in [2.45, 2.75) is 6.42 Å². The zero-order valence-electron chi connectivity index (χ0n) is 15.4. The molecule has 0 aliphatic rings. The fourth-order valence-electron chi connectivity index (χ4n) is 2.13. The first kappa shape index (κ1) is 20.9. The molecule has 0 bridgehead atoms. The second kappa shape index (κ2) is 10.7. The number of anilines is 1. The Morgan fingerprint density at radius 3 is 2.39 bits per heavy atom. The van der Waals surface area contributed by atoms with Crippen LogP contribution in [0.5, 0.6) is 5.75 Å². The van der Waals surface area contributed by atoms with Gasteiger partial charge in [0.25, 0.3) is 5.91 Å². The van der Waals surface area contributed by atoms with Gasteiger partial charge < -0.3 is 19.7 Å². The minimum Gasteiger partial charge on any atom is -0.493 e. The van der Waals surface area contributed by atoms with Crippen molar-refractivity contribution in [3.05, 3.63) is 60.4 Å². The molecular formula is C20H21FN2O5. The Morgan fingerprint density at radius 2 is 1.71 bits per heavy atom. The summed E-state index contributed by atoms with van der Waals surface area (Å²) in [4.78, 5) is 36.7.